The third-order valence-electron chi connectivity index (χ3n) is 3.31. The van der Waals surface area contributed by atoms with Gasteiger partial charge >= 0.3 is 5.97 Å². The van der Waals surface area contributed by atoms with E-state index in [9.17, 15) is 4.79 Å². The number of carbonyl (C=O) groups excluding carboxylic acids is 1. The lowest BCUT2D eigenvalue weighted by Crippen LogP contribution is -2.45. The molecule has 2 aliphatic rings. The standard InChI is InChI=1S/C10H17NO3/c1-2-14-9(12)10-3-4-13-6-8(10)5-11-7-10/h8,11H,2-7H2,1H3. The third-order valence-corrected chi connectivity index (χ3v) is 3.31. The van der Waals surface area contributed by atoms with Gasteiger partial charge in [-0.25, -0.2) is 0 Å². The maximum Gasteiger partial charge on any atom is 0.313 e. The highest BCUT2D eigenvalue weighted by atomic mass is 16.5. The van der Waals surface area contributed by atoms with Crippen LogP contribution < -0.4 is 5.32 Å². The zero-order valence-electron chi connectivity index (χ0n) is 8.54. The second-order valence-electron chi connectivity index (χ2n) is 4.03. The highest BCUT2D eigenvalue weighted by Gasteiger charge is 2.51. The van der Waals surface area contributed by atoms with Gasteiger partial charge in [0.25, 0.3) is 0 Å². The summed E-state index contributed by atoms with van der Waals surface area (Å²) in [7, 11) is 0. The fourth-order valence-corrected chi connectivity index (χ4v) is 2.42. The number of ether oxygens (including phenoxy) is 2. The van der Waals surface area contributed by atoms with Crippen LogP contribution in [0, 0.1) is 11.3 Å². The van der Waals surface area contributed by atoms with Crippen LogP contribution in [0.15, 0.2) is 0 Å². The Labute approximate surface area is 84.0 Å². The summed E-state index contributed by atoms with van der Waals surface area (Å²) in [5, 5.41) is 3.26. The Bertz CT molecular complexity index is 231. The summed E-state index contributed by atoms with van der Waals surface area (Å²) in [6.45, 7) is 5.31. The van der Waals surface area contributed by atoms with E-state index in [1.807, 2.05) is 6.92 Å². The molecule has 1 N–H and O–H groups in total. The molecule has 0 radical (unpaired) electrons. The SMILES string of the molecule is CCOC(=O)C12CCOCC1CNC2. The van der Waals surface area contributed by atoms with Crippen molar-refractivity contribution in [2.45, 2.75) is 13.3 Å². The van der Waals surface area contributed by atoms with Crippen molar-refractivity contribution in [3.63, 3.8) is 0 Å². The number of hydrogen-bond donors (Lipinski definition) is 1. The summed E-state index contributed by atoms with van der Waals surface area (Å²) in [5.41, 5.74) is -0.297. The Morgan fingerprint density at radius 2 is 2.57 bits per heavy atom. The van der Waals surface area contributed by atoms with E-state index in [4.69, 9.17) is 9.47 Å². The minimum absolute atomic E-state index is 0.0432. The zero-order chi connectivity index (χ0) is 10.0. The fourth-order valence-electron chi connectivity index (χ4n) is 2.42. The summed E-state index contributed by atoms with van der Waals surface area (Å²) in [5.74, 6) is 0.258. The minimum atomic E-state index is -0.297. The van der Waals surface area contributed by atoms with E-state index in [1.165, 1.54) is 0 Å². The van der Waals surface area contributed by atoms with Crippen LogP contribution in [0.3, 0.4) is 0 Å². The average Bonchev–Trinajstić information content (AvgIpc) is 2.62. The van der Waals surface area contributed by atoms with Gasteiger partial charge in [-0.05, 0) is 13.3 Å². The van der Waals surface area contributed by atoms with Gasteiger partial charge in [0.05, 0.1) is 18.6 Å². The molecule has 0 aromatic rings. The Morgan fingerprint density at radius 1 is 1.71 bits per heavy atom. The second kappa shape index (κ2) is 3.87. The summed E-state index contributed by atoms with van der Waals surface area (Å²) in [6, 6.07) is 0. The first-order chi connectivity index (χ1) is 6.79. The van der Waals surface area contributed by atoms with Gasteiger partial charge in [-0.1, -0.05) is 0 Å². The van der Waals surface area contributed by atoms with Crippen LogP contribution in [0.25, 0.3) is 0 Å². The van der Waals surface area contributed by atoms with Gasteiger partial charge in [0.2, 0.25) is 0 Å². The number of rotatable bonds is 2. The lowest BCUT2D eigenvalue weighted by molar-refractivity contribution is -0.163. The Morgan fingerprint density at radius 3 is 3.36 bits per heavy atom. The molecule has 0 aromatic carbocycles. The molecule has 0 aromatic heterocycles. The van der Waals surface area contributed by atoms with E-state index in [0.717, 1.165) is 19.5 Å². The molecule has 0 aliphatic carbocycles. The maximum atomic E-state index is 11.9. The van der Waals surface area contributed by atoms with E-state index < -0.39 is 0 Å². The molecule has 0 bridgehead atoms. The van der Waals surface area contributed by atoms with Crippen LogP contribution in [0.1, 0.15) is 13.3 Å². The fraction of sp³-hybridized carbons (Fsp3) is 0.900. The van der Waals surface area contributed by atoms with Gasteiger partial charge in [0.1, 0.15) is 0 Å². The molecule has 2 heterocycles. The van der Waals surface area contributed by atoms with Crippen molar-refractivity contribution in [2.75, 3.05) is 32.9 Å². The molecule has 2 aliphatic heterocycles. The topological polar surface area (TPSA) is 47.6 Å². The normalized spacial score (nSPS) is 36.5. The smallest absolute Gasteiger partial charge is 0.313 e. The lowest BCUT2D eigenvalue weighted by Gasteiger charge is -2.35. The van der Waals surface area contributed by atoms with E-state index >= 15 is 0 Å². The number of nitrogens with one attached hydrogen (secondary N) is 1. The third kappa shape index (κ3) is 1.42. The predicted octanol–water partition coefficient (Wildman–Crippen LogP) is 0.176. The second-order valence-corrected chi connectivity index (χ2v) is 4.03. The molecular weight excluding hydrogens is 182 g/mol. The van der Waals surface area contributed by atoms with Crippen molar-refractivity contribution in [1.29, 1.82) is 0 Å². The Hall–Kier alpha value is -0.610. The van der Waals surface area contributed by atoms with Gasteiger partial charge in [-0.3, -0.25) is 4.79 Å². The molecule has 0 amide bonds. The molecule has 2 unspecified atom stereocenters. The molecule has 4 nitrogen and oxygen atoms in total. The molecule has 2 saturated heterocycles. The minimum Gasteiger partial charge on any atom is -0.466 e. The number of esters is 1. The lowest BCUT2D eigenvalue weighted by atomic mass is 9.74. The average molecular weight is 199 g/mol. The first-order valence-corrected chi connectivity index (χ1v) is 5.25. The van der Waals surface area contributed by atoms with Crippen molar-refractivity contribution < 1.29 is 14.3 Å². The highest BCUT2D eigenvalue weighted by molar-refractivity contribution is 5.78. The van der Waals surface area contributed by atoms with Gasteiger partial charge in [-0.15, -0.1) is 0 Å². The Balaban J connectivity index is 2.13. The van der Waals surface area contributed by atoms with Gasteiger partial charge in [0.15, 0.2) is 0 Å². The van der Waals surface area contributed by atoms with E-state index in [-0.39, 0.29) is 11.4 Å². The molecule has 80 valence electrons. The summed E-state index contributed by atoms with van der Waals surface area (Å²) >= 11 is 0. The van der Waals surface area contributed by atoms with Crippen LogP contribution >= 0.6 is 0 Å². The summed E-state index contributed by atoms with van der Waals surface area (Å²) in [6.07, 6.45) is 0.795. The van der Waals surface area contributed by atoms with Crippen LogP contribution in [0.5, 0.6) is 0 Å². The van der Waals surface area contributed by atoms with Crippen LogP contribution in [0.2, 0.25) is 0 Å². The number of hydrogen-bond acceptors (Lipinski definition) is 4. The van der Waals surface area contributed by atoms with E-state index in [1.54, 1.807) is 0 Å². The molecule has 2 atom stereocenters. The summed E-state index contributed by atoms with van der Waals surface area (Å²) < 4.78 is 10.5. The Kier molecular flexibility index (Phi) is 2.74. The maximum absolute atomic E-state index is 11.9. The van der Waals surface area contributed by atoms with Gasteiger partial charge in [0, 0.05) is 25.6 Å². The molecule has 2 fully saturated rings. The molecule has 0 saturated carbocycles. The van der Waals surface area contributed by atoms with Crippen molar-refractivity contribution in [2.24, 2.45) is 11.3 Å². The van der Waals surface area contributed by atoms with E-state index in [2.05, 4.69) is 5.32 Å². The monoisotopic (exact) mass is 199 g/mol. The van der Waals surface area contributed by atoms with Gasteiger partial charge in [-0.2, -0.15) is 0 Å². The molecule has 0 spiro atoms. The zero-order valence-corrected chi connectivity index (χ0v) is 8.54. The first-order valence-electron chi connectivity index (χ1n) is 5.25. The van der Waals surface area contributed by atoms with Crippen LogP contribution in [-0.2, 0) is 14.3 Å². The number of fused-ring (bicyclic) bond motifs is 1. The van der Waals surface area contributed by atoms with Crippen molar-refractivity contribution in [1.82, 2.24) is 5.32 Å². The van der Waals surface area contributed by atoms with Crippen molar-refractivity contribution >= 4 is 5.97 Å². The quantitative estimate of drug-likeness (QED) is 0.644. The van der Waals surface area contributed by atoms with Crippen LogP contribution in [0.4, 0.5) is 0 Å². The molecule has 4 heteroatoms. The van der Waals surface area contributed by atoms with E-state index in [0.29, 0.717) is 25.7 Å². The number of carbonyl (C=O) groups is 1. The van der Waals surface area contributed by atoms with Gasteiger partial charge < -0.3 is 14.8 Å². The molecule has 2 rings (SSSR count). The first kappa shape index (κ1) is 9.93. The van der Waals surface area contributed by atoms with Crippen LogP contribution in [-0.4, -0.2) is 38.9 Å². The predicted molar refractivity (Wildman–Crippen MR) is 50.9 cm³/mol. The van der Waals surface area contributed by atoms with Crippen molar-refractivity contribution in [3.05, 3.63) is 0 Å². The van der Waals surface area contributed by atoms with Crippen molar-refractivity contribution in [3.8, 4) is 0 Å². The molecular formula is C10H17NO3. The largest absolute Gasteiger partial charge is 0.466 e. The highest BCUT2D eigenvalue weighted by Crippen LogP contribution is 2.39. The summed E-state index contributed by atoms with van der Waals surface area (Å²) in [4.78, 5) is 11.9. The molecule has 14 heavy (non-hydrogen) atoms.